The number of nitro groups is 1. The van der Waals surface area contributed by atoms with E-state index in [-0.39, 0.29) is 18.0 Å². The molecule has 2 aromatic carbocycles. The maximum atomic E-state index is 12.1. The summed E-state index contributed by atoms with van der Waals surface area (Å²) in [5.41, 5.74) is 0.899. The van der Waals surface area contributed by atoms with E-state index in [9.17, 15) is 19.7 Å². The molecule has 0 radical (unpaired) electrons. The van der Waals surface area contributed by atoms with E-state index in [0.29, 0.717) is 16.5 Å². The number of para-hydroxylation sites is 1. The third-order valence-electron chi connectivity index (χ3n) is 3.47. The first-order valence-electron chi connectivity index (χ1n) is 7.67. The number of hydrogen-bond acceptors (Lipinski definition) is 6. The molecule has 9 heteroatoms. The number of carbonyl (C=O) groups excluding carboxylic acids is 2. The van der Waals surface area contributed by atoms with Crippen LogP contribution in [-0.4, -0.2) is 27.2 Å². The lowest BCUT2D eigenvalue weighted by molar-refractivity contribution is -0.384. The summed E-state index contributed by atoms with van der Waals surface area (Å²) in [5.74, 6) is -0.696. The van der Waals surface area contributed by atoms with E-state index in [0.717, 1.165) is 0 Å². The largest absolute Gasteiger partial charge is 0.326 e. The lowest BCUT2D eigenvalue weighted by Crippen LogP contribution is -2.28. The van der Waals surface area contributed by atoms with Crippen LogP contribution in [0.1, 0.15) is 6.42 Å². The lowest BCUT2D eigenvalue weighted by Gasteiger charge is -2.07. The minimum Gasteiger partial charge on any atom is -0.326 e. The van der Waals surface area contributed by atoms with E-state index in [4.69, 9.17) is 0 Å². The number of thioether (sulfide) groups is 1. The third-order valence-corrected chi connectivity index (χ3v) is 4.56. The van der Waals surface area contributed by atoms with Crippen molar-refractivity contribution in [3.8, 4) is 0 Å². The van der Waals surface area contributed by atoms with Crippen LogP contribution in [0.4, 0.5) is 17.1 Å². The minimum absolute atomic E-state index is 0.0625. The Morgan fingerprint density at radius 2 is 2.00 bits per heavy atom. The first-order valence-corrected chi connectivity index (χ1v) is 8.55. The van der Waals surface area contributed by atoms with Crippen LogP contribution >= 0.6 is 11.8 Å². The predicted octanol–water partition coefficient (Wildman–Crippen LogP) is 2.84. The quantitative estimate of drug-likeness (QED) is 0.620. The summed E-state index contributed by atoms with van der Waals surface area (Å²) < 4.78 is 0. The summed E-state index contributed by atoms with van der Waals surface area (Å²) in [6.07, 6.45) is -0.0625. The van der Waals surface area contributed by atoms with Gasteiger partial charge in [0.05, 0.1) is 10.6 Å². The van der Waals surface area contributed by atoms with E-state index in [1.807, 2.05) is 30.3 Å². The van der Waals surface area contributed by atoms with Gasteiger partial charge in [-0.25, -0.2) is 4.99 Å². The standard InChI is InChI=1S/C17H14N4O4S/c22-15(18-12-7-4-8-13(9-12)21(24)25)10-14-16(23)20-17(26-14)19-11-5-2-1-3-6-11/h1-9,14H,10H2,(H,18,22)(H,19,20,23)/t14-/m1/s1. The molecule has 0 spiro atoms. The zero-order valence-electron chi connectivity index (χ0n) is 13.4. The molecule has 0 aliphatic carbocycles. The SMILES string of the molecule is O=C(C[C@H]1SC(=Nc2ccccc2)NC1=O)Nc1cccc([N+](=O)[O-])c1. The van der Waals surface area contributed by atoms with Crippen molar-refractivity contribution in [1.29, 1.82) is 0 Å². The smallest absolute Gasteiger partial charge is 0.271 e. The molecule has 1 saturated heterocycles. The molecule has 26 heavy (non-hydrogen) atoms. The van der Waals surface area contributed by atoms with Crippen molar-refractivity contribution < 1.29 is 14.5 Å². The third kappa shape index (κ3) is 4.45. The van der Waals surface area contributed by atoms with E-state index in [1.165, 1.54) is 30.0 Å². The molecule has 2 N–H and O–H groups in total. The van der Waals surface area contributed by atoms with Gasteiger partial charge in [0, 0.05) is 24.2 Å². The van der Waals surface area contributed by atoms with Crippen molar-refractivity contribution in [1.82, 2.24) is 5.32 Å². The molecule has 0 saturated carbocycles. The molecule has 0 aromatic heterocycles. The summed E-state index contributed by atoms with van der Waals surface area (Å²) in [4.78, 5) is 38.7. The molecule has 1 atom stereocenters. The number of benzene rings is 2. The molecule has 3 rings (SSSR count). The second-order valence-corrected chi connectivity index (χ2v) is 6.60. The normalized spacial score (nSPS) is 17.8. The van der Waals surface area contributed by atoms with Gasteiger partial charge in [-0.3, -0.25) is 19.7 Å². The Morgan fingerprint density at radius 3 is 2.73 bits per heavy atom. The second-order valence-electron chi connectivity index (χ2n) is 5.41. The van der Waals surface area contributed by atoms with Crippen LogP contribution in [0.2, 0.25) is 0 Å². The van der Waals surface area contributed by atoms with Gasteiger partial charge in [-0.2, -0.15) is 0 Å². The predicted molar refractivity (Wildman–Crippen MR) is 99.4 cm³/mol. The molecule has 2 amide bonds. The molecule has 0 unspecified atom stereocenters. The zero-order valence-corrected chi connectivity index (χ0v) is 14.2. The summed E-state index contributed by atoms with van der Waals surface area (Å²) in [6.45, 7) is 0. The highest BCUT2D eigenvalue weighted by Crippen LogP contribution is 2.25. The van der Waals surface area contributed by atoms with Crippen molar-refractivity contribution in [2.45, 2.75) is 11.7 Å². The van der Waals surface area contributed by atoms with Crippen LogP contribution in [0.5, 0.6) is 0 Å². The molecule has 1 heterocycles. The fraction of sp³-hybridized carbons (Fsp3) is 0.118. The Balaban J connectivity index is 1.61. The fourth-order valence-electron chi connectivity index (χ4n) is 2.29. The summed E-state index contributed by atoms with van der Waals surface area (Å²) in [7, 11) is 0. The molecule has 1 aliphatic heterocycles. The Bertz CT molecular complexity index is 885. The number of non-ortho nitro benzene ring substituents is 1. The van der Waals surface area contributed by atoms with Gasteiger partial charge in [0.25, 0.3) is 5.69 Å². The van der Waals surface area contributed by atoms with Gasteiger partial charge in [-0.1, -0.05) is 36.0 Å². The second kappa shape index (κ2) is 7.79. The van der Waals surface area contributed by atoms with Crippen LogP contribution in [0.25, 0.3) is 0 Å². The number of hydrogen-bond donors (Lipinski definition) is 2. The van der Waals surface area contributed by atoms with Crippen molar-refractivity contribution in [3.63, 3.8) is 0 Å². The highest BCUT2D eigenvalue weighted by Gasteiger charge is 2.32. The lowest BCUT2D eigenvalue weighted by atomic mass is 10.2. The van der Waals surface area contributed by atoms with Crippen molar-refractivity contribution in [3.05, 3.63) is 64.7 Å². The van der Waals surface area contributed by atoms with Gasteiger partial charge >= 0.3 is 0 Å². The number of aliphatic imine (C=N–C) groups is 1. The first kappa shape index (κ1) is 17.6. The molecule has 8 nitrogen and oxygen atoms in total. The van der Waals surface area contributed by atoms with Gasteiger partial charge in [0.2, 0.25) is 11.8 Å². The van der Waals surface area contributed by atoms with Crippen molar-refractivity contribution in [2.24, 2.45) is 4.99 Å². The van der Waals surface area contributed by atoms with Gasteiger partial charge in [0.1, 0.15) is 5.25 Å². The zero-order chi connectivity index (χ0) is 18.5. The molecular formula is C17H14N4O4S. The summed E-state index contributed by atoms with van der Waals surface area (Å²) in [5, 5.41) is 15.8. The number of nitrogens with zero attached hydrogens (tertiary/aromatic N) is 2. The number of carbonyl (C=O) groups is 2. The Hall–Kier alpha value is -3.20. The Labute approximate surface area is 152 Å². The first-order chi connectivity index (χ1) is 12.5. The average molecular weight is 370 g/mol. The summed E-state index contributed by atoms with van der Waals surface area (Å²) in [6, 6.07) is 14.8. The van der Waals surface area contributed by atoms with Crippen molar-refractivity contribution in [2.75, 3.05) is 5.32 Å². The van der Waals surface area contributed by atoms with Crippen LogP contribution in [0.3, 0.4) is 0 Å². The Morgan fingerprint density at radius 1 is 1.23 bits per heavy atom. The number of nitrogens with one attached hydrogen (secondary N) is 2. The molecule has 2 aromatic rings. The fourth-order valence-corrected chi connectivity index (χ4v) is 3.28. The van der Waals surface area contributed by atoms with Gasteiger partial charge in [0.15, 0.2) is 5.17 Å². The maximum Gasteiger partial charge on any atom is 0.271 e. The molecule has 1 aliphatic rings. The maximum absolute atomic E-state index is 12.1. The average Bonchev–Trinajstić information content (AvgIpc) is 2.95. The van der Waals surface area contributed by atoms with E-state index >= 15 is 0 Å². The van der Waals surface area contributed by atoms with Gasteiger partial charge < -0.3 is 10.6 Å². The van der Waals surface area contributed by atoms with Crippen LogP contribution < -0.4 is 10.6 Å². The number of amidine groups is 1. The van der Waals surface area contributed by atoms with Crippen LogP contribution in [-0.2, 0) is 9.59 Å². The number of anilines is 1. The van der Waals surface area contributed by atoms with E-state index in [1.54, 1.807) is 6.07 Å². The van der Waals surface area contributed by atoms with Gasteiger partial charge in [-0.15, -0.1) is 0 Å². The van der Waals surface area contributed by atoms with Crippen molar-refractivity contribution >= 4 is 45.8 Å². The topological polar surface area (TPSA) is 114 Å². The molecule has 0 bridgehead atoms. The van der Waals surface area contributed by atoms with E-state index in [2.05, 4.69) is 15.6 Å². The highest BCUT2D eigenvalue weighted by atomic mass is 32.2. The molecule has 1 fully saturated rings. The number of nitro benzene ring substituents is 1. The number of rotatable bonds is 5. The van der Waals surface area contributed by atoms with Gasteiger partial charge in [-0.05, 0) is 18.2 Å². The van der Waals surface area contributed by atoms with Crippen LogP contribution in [0.15, 0.2) is 59.6 Å². The molecular weight excluding hydrogens is 356 g/mol. The Kier molecular flexibility index (Phi) is 5.28. The summed E-state index contributed by atoms with van der Waals surface area (Å²) >= 11 is 1.18. The highest BCUT2D eigenvalue weighted by molar-refractivity contribution is 8.15. The number of amides is 2. The molecule has 132 valence electrons. The van der Waals surface area contributed by atoms with E-state index < -0.39 is 16.1 Å². The monoisotopic (exact) mass is 370 g/mol. The minimum atomic E-state index is -0.601. The van der Waals surface area contributed by atoms with Crippen LogP contribution in [0, 0.1) is 10.1 Å².